The van der Waals surface area contributed by atoms with Crippen LogP contribution in [0, 0.1) is 25.6 Å². The number of carbonyl (C=O) groups is 1. The molecule has 1 fully saturated rings. The van der Waals surface area contributed by atoms with Gasteiger partial charge in [0, 0.05) is 53.9 Å². The Morgan fingerprint density at radius 1 is 1.13 bits per heavy atom. The van der Waals surface area contributed by atoms with Crippen molar-refractivity contribution in [2.45, 2.75) is 19.9 Å². The van der Waals surface area contributed by atoms with Gasteiger partial charge in [-0.3, -0.25) is 9.78 Å². The van der Waals surface area contributed by atoms with Crippen molar-refractivity contribution in [1.82, 2.24) is 20.3 Å². The lowest BCUT2D eigenvalue weighted by Crippen LogP contribution is -2.33. The van der Waals surface area contributed by atoms with E-state index in [1.807, 2.05) is 31.0 Å². The molecule has 31 heavy (non-hydrogen) atoms. The molecule has 2 unspecified atom stereocenters. The van der Waals surface area contributed by atoms with Gasteiger partial charge in [-0.2, -0.15) is 0 Å². The van der Waals surface area contributed by atoms with Crippen LogP contribution in [-0.2, 0) is 0 Å². The standard InChI is InChI=1S/C24H22FN5O/c1-14-10-15(2)29-24(28-14)30-12-16-11-27-22(18(16)13-30)23(31)17-6-5-7-19(25)21(17)20-8-3-4-9-26-20/h3-10,13,16,22,27H,11-12H2,1-2H3. The Morgan fingerprint density at radius 2 is 1.94 bits per heavy atom. The van der Waals surface area contributed by atoms with Crippen LogP contribution in [0.2, 0.25) is 0 Å². The predicted molar refractivity (Wildman–Crippen MR) is 116 cm³/mol. The highest BCUT2D eigenvalue weighted by Crippen LogP contribution is 2.34. The molecule has 2 atom stereocenters. The Hall–Kier alpha value is -3.45. The number of fused-ring (bicyclic) bond motifs is 1. The molecule has 0 amide bonds. The normalized spacial score (nSPS) is 20.0. The van der Waals surface area contributed by atoms with E-state index in [1.165, 1.54) is 6.07 Å². The number of rotatable bonds is 4. The molecule has 0 aliphatic carbocycles. The van der Waals surface area contributed by atoms with E-state index in [4.69, 9.17) is 0 Å². The van der Waals surface area contributed by atoms with E-state index >= 15 is 0 Å². The van der Waals surface area contributed by atoms with Crippen LogP contribution in [0.5, 0.6) is 0 Å². The van der Waals surface area contributed by atoms with Gasteiger partial charge in [0.05, 0.1) is 11.7 Å². The topological polar surface area (TPSA) is 71.0 Å². The van der Waals surface area contributed by atoms with E-state index in [9.17, 15) is 9.18 Å². The van der Waals surface area contributed by atoms with E-state index in [1.54, 1.807) is 36.5 Å². The summed E-state index contributed by atoms with van der Waals surface area (Å²) in [4.78, 5) is 28.9. The molecule has 2 aliphatic rings. The van der Waals surface area contributed by atoms with Gasteiger partial charge in [-0.05, 0) is 43.7 Å². The van der Waals surface area contributed by atoms with Gasteiger partial charge >= 0.3 is 0 Å². The van der Waals surface area contributed by atoms with Gasteiger partial charge in [0.25, 0.3) is 0 Å². The smallest absolute Gasteiger partial charge is 0.229 e. The second-order valence-corrected chi connectivity index (χ2v) is 8.01. The van der Waals surface area contributed by atoms with Crippen LogP contribution in [0.25, 0.3) is 11.3 Å². The summed E-state index contributed by atoms with van der Waals surface area (Å²) in [5.74, 6) is 0.220. The first-order valence-electron chi connectivity index (χ1n) is 10.3. The van der Waals surface area contributed by atoms with Gasteiger partial charge in [0.2, 0.25) is 5.95 Å². The lowest BCUT2D eigenvalue weighted by Gasteiger charge is -2.17. The van der Waals surface area contributed by atoms with Crippen LogP contribution in [-0.4, -0.2) is 39.9 Å². The van der Waals surface area contributed by atoms with Crippen molar-refractivity contribution in [1.29, 1.82) is 0 Å². The summed E-state index contributed by atoms with van der Waals surface area (Å²) >= 11 is 0. The minimum absolute atomic E-state index is 0.155. The SMILES string of the molecule is Cc1cc(C)nc(N2C=C3C(CNC3C(=O)c3cccc(F)c3-c3ccccn3)C2)n1. The van der Waals surface area contributed by atoms with Gasteiger partial charge in [0.15, 0.2) is 5.78 Å². The highest BCUT2D eigenvalue weighted by Gasteiger charge is 2.41. The maximum absolute atomic E-state index is 14.8. The fourth-order valence-corrected chi connectivity index (χ4v) is 4.43. The molecular formula is C24H22FN5O. The molecule has 4 heterocycles. The number of aromatic nitrogens is 3. The Balaban J connectivity index is 1.50. The average Bonchev–Trinajstić information content (AvgIpc) is 3.34. The number of halogens is 1. The van der Waals surface area contributed by atoms with Crippen molar-refractivity contribution in [2.75, 3.05) is 18.0 Å². The van der Waals surface area contributed by atoms with Crippen LogP contribution in [0.4, 0.5) is 10.3 Å². The summed E-state index contributed by atoms with van der Waals surface area (Å²) < 4.78 is 14.8. The lowest BCUT2D eigenvalue weighted by atomic mass is 9.91. The number of pyridine rings is 1. The monoisotopic (exact) mass is 415 g/mol. The van der Waals surface area contributed by atoms with Gasteiger partial charge in [-0.25, -0.2) is 14.4 Å². The van der Waals surface area contributed by atoms with Crippen molar-refractivity contribution in [3.8, 4) is 11.3 Å². The van der Waals surface area contributed by atoms with Gasteiger partial charge in [-0.1, -0.05) is 18.2 Å². The number of Topliss-reactive ketones (excluding diaryl/α,β-unsaturated/α-hetero) is 1. The Kier molecular flexibility index (Phi) is 4.82. The zero-order chi connectivity index (χ0) is 21.5. The summed E-state index contributed by atoms with van der Waals surface area (Å²) in [6.07, 6.45) is 3.57. The van der Waals surface area contributed by atoms with E-state index in [2.05, 4.69) is 20.3 Å². The minimum atomic E-state index is -0.509. The van der Waals surface area contributed by atoms with Gasteiger partial charge in [-0.15, -0.1) is 0 Å². The number of nitrogens with zero attached hydrogens (tertiary/aromatic N) is 4. The Morgan fingerprint density at radius 3 is 2.68 bits per heavy atom. The summed E-state index contributed by atoms with van der Waals surface area (Å²) in [5, 5.41) is 3.32. The van der Waals surface area contributed by atoms with Crippen molar-refractivity contribution in [2.24, 2.45) is 5.92 Å². The molecule has 7 heteroatoms. The van der Waals surface area contributed by atoms with Crippen LogP contribution in [0.3, 0.4) is 0 Å². The van der Waals surface area contributed by atoms with Crippen molar-refractivity contribution < 1.29 is 9.18 Å². The maximum atomic E-state index is 14.8. The Labute approximate surface area is 179 Å². The molecule has 0 saturated carbocycles. The quantitative estimate of drug-likeness (QED) is 0.658. The van der Waals surface area contributed by atoms with Gasteiger partial charge < -0.3 is 10.2 Å². The third-order valence-electron chi connectivity index (χ3n) is 5.78. The number of hydrogen-bond acceptors (Lipinski definition) is 6. The zero-order valence-electron chi connectivity index (χ0n) is 17.3. The molecule has 0 spiro atoms. The predicted octanol–water partition coefficient (Wildman–Crippen LogP) is 3.47. The summed E-state index contributed by atoms with van der Waals surface area (Å²) in [5.41, 5.74) is 3.82. The second kappa shape index (κ2) is 7.67. The molecule has 3 aromatic rings. The summed E-state index contributed by atoms with van der Waals surface area (Å²) in [6.45, 7) is 5.28. The zero-order valence-corrected chi connectivity index (χ0v) is 17.3. The third kappa shape index (κ3) is 3.51. The summed E-state index contributed by atoms with van der Waals surface area (Å²) in [6, 6.07) is 11.3. The fraction of sp³-hybridized carbons (Fsp3) is 0.250. The Bertz CT molecular complexity index is 1170. The molecule has 1 N–H and O–H groups in total. The lowest BCUT2D eigenvalue weighted by molar-refractivity contribution is 0.0966. The van der Waals surface area contributed by atoms with E-state index in [-0.39, 0.29) is 17.3 Å². The fourth-order valence-electron chi connectivity index (χ4n) is 4.43. The first kappa shape index (κ1) is 19.5. The van der Waals surface area contributed by atoms with Gasteiger partial charge in [0.1, 0.15) is 5.82 Å². The number of nitrogens with one attached hydrogen (secondary N) is 1. The van der Waals surface area contributed by atoms with Crippen LogP contribution in [0.15, 0.2) is 60.4 Å². The number of ketones is 1. The van der Waals surface area contributed by atoms with E-state index < -0.39 is 11.9 Å². The largest absolute Gasteiger partial charge is 0.316 e. The van der Waals surface area contributed by atoms with Crippen LogP contribution < -0.4 is 10.2 Å². The average molecular weight is 415 g/mol. The molecule has 2 aromatic heterocycles. The molecule has 6 nitrogen and oxygen atoms in total. The number of hydrogen-bond donors (Lipinski definition) is 1. The molecule has 0 bridgehead atoms. The van der Waals surface area contributed by atoms with E-state index in [0.717, 1.165) is 17.0 Å². The maximum Gasteiger partial charge on any atom is 0.229 e. The molecule has 5 rings (SSSR count). The number of benzene rings is 1. The molecular weight excluding hydrogens is 393 g/mol. The van der Waals surface area contributed by atoms with Crippen molar-refractivity contribution in [3.05, 3.63) is 83.2 Å². The third-order valence-corrected chi connectivity index (χ3v) is 5.78. The summed E-state index contributed by atoms with van der Waals surface area (Å²) in [7, 11) is 0. The number of anilines is 1. The molecule has 1 aromatic carbocycles. The first-order chi connectivity index (χ1) is 15.0. The molecule has 0 radical (unpaired) electrons. The van der Waals surface area contributed by atoms with Crippen molar-refractivity contribution in [3.63, 3.8) is 0 Å². The van der Waals surface area contributed by atoms with Crippen molar-refractivity contribution >= 4 is 11.7 Å². The van der Waals surface area contributed by atoms with E-state index in [0.29, 0.717) is 30.3 Å². The van der Waals surface area contributed by atoms with Crippen LogP contribution in [0.1, 0.15) is 21.7 Å². The highest BCUT2D eigenvalue weighted by molar-refractivity contribution is 6.07. The number of carbonyl (C=O) groups excluding carboxylic acids is 1. The molecule has 1 saturated heterocycles. The first-order valence-corrected chi connectivity index (χ1v) is 10.3. The number of aryl methyl sites for hydroxylation is 2. The van der Waals surface area contributed by atoms with Crippen LogP contribution >= 0.6 is 0 Å². The highest BCUT2D eigenvalue weighted by atomic mass is 19.1. The second-order valence-electron chi connectivity index (χ2n) is 8.01. The molecule has 156 valence electrons. The molecule has 2 aliphatic heterocycles. The minimum Gasteiger partial charge on any atom is -0.316 e.